The van der Waals surface area contributed by atoms with Crippen LogP contribution in [0.3, 0.4) is 0 Å². The summed E-state index contributed by atoms with van der Waals surface area (Å²) in [7, 11) is 0. The first kappa shape index (κ1) is 13.9. The molecule has 2 N–H and O–H groups in total. The topological polar surface area (TPSA) is 48.1 Å². The van der Waals surface area contributed by atoms with Crippen LogP contribution in [0.2, 0.25) is 5.02 Å². The van der Waals surface area contributed by atoms with Crippen molar-refractivity contribution in [3.8, 4) is 5.75 Å². The highest BCUT2D eigenvalue weighted by Crippen LogP contribution is 2.23. The fraction of sp³-hybridized carbons (Fsp3) is 0.118. The Hall–Kier alpha value is -2.10. The van der Waals surface area contributed by atoms with Crippen molar-refractivity contribution in [2.24, 2.45) is 5.73 Å². The van der Waals surface area contributed by atoms with E-state index < -0.39 is 0 Å². The molecule has 3 nitrogen and oxygen atoms in total. The van der Waals surface area contributed by atoms with E-state index in [0.29, 0.717) is 11.6 Å². The van der Waals surface area contributed by atoms with Crippen molar-refractivity contribution < 1.29 is 4.74 Å². The Labute approximate surface area is 128 Å². The minimum absolute atomic E-state index is 0.214. The van der Waals surface area contributed by atoms with E-state index in [1.54, 1.807) is 18.3 Å². The molecule has 0 saturated carbocycles. The zero-order valence-corrected chi connectivity index (χ0v) is 12.1. The van der Waals surface area contributed by atoms with Gasteiger partial charge in [0.2, 0.25) is 0 Å². The monoisotopic (exact) mass is 298 g/mol. The van der Waals surface area contributed by atoms with Crippen molar-refractivity contribution in [2.75, 3.05) is 6.61 Å². The Kier molecular flexibility index (Phi) is 4.04. The van der Waals surface area contributed by atoms with E-state index in [2.05, 4.69) is 4.98 Å². The molecule has 0 bridgehead atoms. The first-order valence-corrected chi connectivity index (χ1v) is 7.08. The third kappa shape index (κ3) is 3.15. The number of hydrogen-bond donors (Lipinski definition) is 1. The fourth-order valence-electron chi connectivity index (χ4n) is 2.27. The molecule has 1 atom stereocenters. The summed E-state index contributed by atoms with van der Waals surface area (Å²) in [6.07, 6.45) is 3.62. The number of fused-ring (bicyclic) bond motifs is 1. The van der Waals surface area contributed by atoms with Gasteiger partial charge >= 0.3 is 0 Å². The van der Waals surface area contributed by atoms with Crippen molar-refractivity contribution in [1.82, 2.24) is 4.98 Å². The summed E-state index contributed by atoms with van der Waals surface area (Å²) in [6.45, 7) is 0.398. The molecule has 3 rings (SSSR count). The molecule has 4 heteroatoms. The third-order valence-electron chi connectivity index (χ3n) is 3.36. The number of aromatic nitrogens is 1. The maximum absolute atomic E-state index is 6.26. The second kappa shape index (κ2) is 6.12. The van der Waals surface area contributed by atoms with Gasteiger partial charge in [0.25, 0.3) is 0 Å². The Balaban J connectivity index is 1.78. The molecule has 0 aliphatic carbocycles. The second-order valence-corrected chi connectivity index (χ2v) is 5.25. The predicted octanol–water partition coefficient (Wildman–Crippen LogP) is 3.97. The third-order valence-corrected chi connectivity index (χ3v) is 3.61. The molecule has 2 aromatic carbocycles. The quantitative estimate of drug-likeness (QED) is 0.793. The predicted molar refractivity (Wildman–Crippen MR) is 85.6 cm³/mol. The molecule has 0 saturated heterocycles. The highest BCUT2D eigenvalue weighted by Gasteiger charge is 2.10. The van der Waals surface area contributed by atoms with E-state index in [9.17, 15) is 0 Å². The highest BCUT2D eigenvalue weighted by atomic mass is 35.5. The maximum Gasteiger partial charge on any atom is 0.119 e. The normalized spacial score (nSPS) is 12.3. The number of rotatable bonds is 4. The first-order valence-electron chi connectivity index (χ1n) is 6.70. The zero-order valence-electron chi connectivity index (χ0n) is 11.4. The summed E-state index contributed by atoms with van der Waals surface area (Å²) >= 11 is 5.85. The molecular weight excluding hydrogens is 284 g/mol. The number of benzene rings is 2. The number of nitrogens with two attached hydrogens (primary N) is 1. The molecular formula is C17H15ClN2O. The van der Waals surface area contributed by atoms with E-state index in [-0.39, 0.29) is 6.04 Å². The molecule has 0 aliphatic heterocycles. The van der Waals surface area contributed by atoms with Crippen LogP contribution in [0.15, 0.2) is 60.9 Å². The number of halogens is 1. The molecule has 1 aromatic heterocycles. The Morgan fingerprint density at radius 3 is 2.71 bits per heavy atom. The molecule has 3 aromatic rings. The summed E-state index contributed by atoms with van der Waals surface area (Å²) in [4.78, 5) is 4.17. The van der Waals surface area contributed by atoms with Crippen LogP contribution in [-0.4, -0.2) is 11.6 Å². The van der Waals surface area contributed by atoms with Crippen molar-refractivity contribution in [3.63, 3.8) is 0 Å². The number of ether oxygens (including phenoxy) is 1. The molecule has 1 heterocycles. The van der Waals surface area contributed by atoms with Gasteiger partial charge in [0.1, 0.15) is 12.4 Å². The molecule has 0 radical (unpaired) electrons. The van der Waals surface area contributed by atoms with Gasteiger partial charge in [0, 0.05) is 22.8 Å². The molecule has 0 fully saturated rings. The Morgan fingerprint density at radius 2 is 1.90 bits per heavy atom. The standard InChI is InChI=1S/C17H15ClN2O/c18-13-4-6-14(7-5-13)21-11-17(19)15-3-1-2-12-8-9-20-10-16(12)15/h1-10,17H,11,19H2. The van der Waals surface area contributed by atoms with Gasteiger partial charge in [-0.1, -0.05) is 29.8 Å². The number of nitrogens with zero attached hydrogens (tertiary/aromatic N) is 1. The van der Waals surface area contributed by atoms with E-state index in [0.717, 1.165) is 22.1 Å². The van der Waals surface area contributed by atoms with Crippen LogP contribution < -0.4 is 10.5 Å². The van der Waals surface area contributed by atoms with Gasteiger partial charge in [-0.25, -0.2) is 0 Å². The first-order chi connectivity index (χ1) is 10.2. The van der Waals surface area contributed by atoms with Crippen LogP contribution in [0.1, 0.15) is 11.6 Å². The summed E-state index contributed by atoms with van der Waals surface area (Å²) in [5.74, 6) is 0.758. The van der Waals surface area contributed by atoms with Crippen molar-refractivity contribution in [1.29, 1.82) is 0 Å². The lowest BCUT2D eigenvalue weighted by atomic mass is 10.0. The maximum atomic E-state index is 6.26. The summed E-state index contributed by atoms with van der Waals surface area (Å²) in [5.41, 5.74) is 7.30. The minimum Gasteiger partial charge on any atom is -0.492 e. The SMILES string of the molecule is NC(COc1ccc(Cl)cc1)c1cccc2ccncc12. The fourth-order valence-corrected chi connectivity index (χ4v) is 2.39. The van der Waals surface area contributed by atoms with Crippen LogP contribution in [0.4, 0.5) is 0 Å². The lowest BCUT2D eigenvalue weighted by Gasteiger charge is -2.15. The van der Waals surface area contributed by atoms with Crippen LogP contribution >= 0.6 is 11.6 Å². The molecule has 21 heavy (non-hydrogen) atoms. The average Bonchev–Trinajstić information content (AvgIpc) is 2.53. The smallest absolute Gasteiger partial charge is 0.119 e. The van der Waals surface area contributed by atoms with E-state index in [4.69, 9.17) is 22.1 Å². The largest absolute Gasteiger partial charge is 0.492 e. The summed E-state index contributed by atoms with van der Waals surface area (Å²) < 4.78 is 5.72. The molecule has 0 aliphatic rings. The van der Waals surface area contributed by atoms with Gasteiger partial charge in [-0.3, -0.25) is 4.98 Å². The molecule has 0 spiro atoms. The lowest BCUT2D eigenvalue weighted by Crippen LogP contribution is -2.19. The van der Waals surface area contributed by atoms with Crippen molar-refractivity contribution >= 4 is 22.4 Å². The van der Waals surface area contributed by atoms with Crippen LogP contribution in [0.5, 0.6) is 5.75 Å². The molecule has 1 unspecified atom stereocenters. The average molecular weight is 299 g/mol. The Bertz CT molecular complexity index is 738. The van der Waals surface area contributed by atoms with Gasteiger partial charge in [-0.15, -0.1) is 0 Å². The van der Waals surface area contributed by atoms with Gasteiger partial charge in [-0.05, 0) is 41.3 Å². The Morgan fingerprint density at radius 1 is 1.10 bits per heavy atom. The molecule has 106 valence electrons. The van der Waals surface area contributed by atoms with Gasteiger partial charge < -0.3 is 10.5 Å². The van der Waals surface area contributed by atoms with Gasteiger partial charge in [-0.2, -0.15) is 0 Å². The second-order valence-electron chi connectivity index (χ2n) is 4.82. The van der Waals surface area contributed by atoms with Crippen LogP contribution in [-0.2, 0) is 0 Å². The van der Waals surface area contributed by atoms with Crippen molar-refractivity contribution in [2.45, 2.75) is 6.04 Å². The summed E-state index contributed by atoms with van der Waals surface area (Å²) in [5, 5.41) is 2.88. The molecule has 0 amide bonds. The van der Waals surface area contributed by atoms with Gasteiger partial charge in [0.05, 0.1) is 6.04 Å². The van der Waals surface area contributed by atoms with E-state index in [1.165, 1.54) is 0 Å². The van der Waals surface area contributed by atoms with Crippen LogP contribution in [0, 0.1) is 0 Å². The van der Waals surface area contributed by atoms with Gasteiger partial charge in [0.15, 0.2) is 0 Å². The number of hydrogen-bond acceptors (Lipinski definition) is 3. The highest BCUT2D eigenvalue weighted by molar-refractivity contribution is 6.30. The van der Waals surface area contributed by atoms with E-state index >= 15 is 0 Å². The van der Waals surface area contributed by atoms with Crippen LogP contribution in [0.25, 0.3) is 10.8 Å². The minimum atomic E-state index is -0.214. The summed E-state index contributed by atoms with van der Waals surface area (Å²) in [6, 6.07) is 15.1. The number of pyridine rings is 1. The zero-order chi connectivity index (χ0) is 14.7. The van der Waals surface area contributed by atoms with E-state index in [1.807, 2.05) is 42.6 Å². The lowest BCUT2D eigenvalue weighted by molar-refractivity contribution is 0.291. The van der Waals surface area contributed by atoms with Crippen molar-refractivity contribution in [3.05, 3.63) is 71.5 Å².